The van der Waals surface area contributed by atoms with Gasteiger partial charge in [0.25, 0.3) is 0 Å². The molecule has 0 fully saturated rings. The third-order valence-corrected chi connectivity index (χ3v) is 3.08. The van der Waals surface area contributed by atoms with Crippen LogP contribution in [0.3, 0.4) is 0 Å². The number of aliphatic hydroxyl groups is 1. The largest absolute Gasteiger partial charge is 0.496 e. The number of methoxy groups -OCH3 is 1. The summed E-state index contributed by atoms with van der Waals surface area (Å²) in [5, 5.41) is 12.5. The highest BCUT2D eigenvalue weighted by atomic mass is 16.5. The molecule has 0 aromatic heterocycles. The summed E-state index contributed by atoms with van der Waals surface area (Å²) in [5.74, 6) is 0.916. The van der Waals surface area contributed by atoms with Gasteiger partial charge in [0.2, 0.25) is 0 Å². The predicted octanol–water partition coefficient (Wildman–Crippen LogP) is 3.54. The van der Waals surface area contributed by atoms with Gasteiger partial charge in [-0.25, -0.2) is 0 Å². The number of aliphatic hydroxyl groups excluding tert-OH is 1. The average molecular weight is 230 g/mol. The second-order valence-electron chi connectivity index (χ2n) is 4.59. The summed E-state index contributed by atoms with van der Waals surface area (Å²) in [6.07, 6.45) is -0.504. The van der Waals surface area contributed by atoms with E-state index in [1.54, 1.807) is 7.11 Å². The van der Waals surface area contributed by atoms with Crippen molar-refractivity contribution in [3.63, 3.8) is 0 Å². The van der Waals surface area contributed by atoms with Crippen molar-refractivity contribution in [2.45, 2.75) is 20.0 Å². The molecule has 17 heavy (non-hydrogen) atoms. The average Bonchev–Trinajstić information content (AvgIpc) is 2.36. The highest BCUT2D eigenvalue weighted by Crippen LogP contribution is 2.36. The van der Waals surface area contributed by atoms with Crippen LogP contribution in [0.2, 0.25) is 0 Å². The van der Waals surface area contributed by atoms with E-state index in [0.29, 0.717) is 0 Å². The third kappa shape index (κ3) is 2.13. The lowest BCUT2D eigenvalue weighted by Gasteiger charge is -2.20. The normalized spacial score (nSPS) is 13.0. The van der Waals surface area contributed by atoms with Gasteiger partial charge in [-0.3, -0.25) is 0 Å². The van der Waals surface area contributed by atoms with Crippen LogP contribution in [0.15, 0.2) is 36.4 Å². The highest BCUT2D eigenvalue weighted by molar-refractivity contribution is 5.88. The van der Waals surface area contributed by atoms with E-state index in [1.165, 1.54) is 0 Å². The molecule has 90 valence electrons. The minimum Gasteiger partial charge on any atom is -0.496 e. The zero-order valence-corrected chi connectivity index (χ0v) is 10.5. The van der Waals surface area contributed by atoms with Gasteiger partial charge in [-0.05, 0) is 22.8 Å². The number of rotatable bonds is 3. The Morgan fingerprint density at radius 2 is 1.76 bits per heavy atom. The van der Waals surface area contributed by atoms with Crippen molar-refractivity contribution in [1.82, 2.24) is 0 Å². The zero-order valence-electron chi connectivity index (χ0n) is 10.5. The fourth-order valence-corrected chi connectivity index (χ4v) is 2.09. The van der Waals surface area contributed by atoms with Gasteiger partial charge in [0.1, 0.15) is 5.75 Å². The van der Waals surface area contributed by atoms with E-state index in [9.17, 15) is 5.11 Å². The molecule has 0 bridgehead atoms. The summed E-state index contributed by atoms with van der Waals surface area (Å²) >= 11 is 0. The van der Waals surface area contributed by atoms with Crippen LogP contribution in [-0.4, -0.2) is 12.2 Å². The molecule has 0 aliphatic heterocycles. The fourth-order valence-electron chi connectivity index (χ4n) is 2.09. The second-order valence-corrected chi connectivity index (χ2v) is 4.59. The van der Waals surface area contributed by atoms with Crippen molar-refractivity contribution in [3.8, 4) is 5.75 Å². The first-order chi connectivity index (χ1) is 8.15. The number of fused-ring (bicyclic) bond motifs is 1. The van der Waals surface area contributed by atoms with Crippen LogP contribution in [0.4, 0.5) is 0 Å². The van der Waals surface area contributed by atoms with Gasteiger partial charge in [-0.2, -0.15) is 0 Å². The Kier molecular flexibility index (Phi) is 3.34. The maximum absolute atomic E-state index is 10.3. The molecule has 2 nitrogen and oxygen atoms in total. The molecule has 0 saturated carbocycles. The monoisotopic (exact) mass is 230 g/mol. The molecule has 0 spiro atoms. The van der Waals surface area contributed by atoms with Gasteiger partial charge < -0.3 is 9.84 Å². The number of hydrogen-bond acceptors (Lipinski definition) is 2. The van der Waals surface area contributed by atoms with E-state index in [0.717, 1.165) is 22.1 Å². The van der Waals surface area contributed by atoms with E-state index in [-0.39, 0.29) is 5.92 Å². The summed E-state index contributed by atoms with van der Waals surface area (Å²) in [6.45, 7) is 4.01. The molecule has 0 saturated heterocycles. The van der Waals surface area contributed by atoms with Gasteiger partial charge in [-0.15, -0.1) is 0 Å². The van der Waals surface area contributed by atoms with E-state index < -0.39 is 6.10 Å². The van der Waals surface area contributed by atoms with Gasteiger partial charge in [-0.1, -0.05) is 44.2 Å². The van der Waals surface area contributed by atoms with Gasteiger partial charge in [0.05, 0.1) is 13.2 Å². The van der Waals surface area contributed by atoms with Crippen molar-refractivity contribution < 1.29 is 9.84 Å². The Bertz CT molecular complexity index is 517. The highest BCUT2D eigenvalue weighted by Gasteiger charge is 2.19. The second kappa shape index (κ2) is 4.76. The van der Waals surface area contributed by atoms with Crippen molar-refractivity contribution in [3.05, 3.63) is 42.0 Å². The summed E-state index contributed by atoms with van der Waals surface area (Å²) in [5.41, 5.74) is 0.889. The first kappa shape index (κ1) is 11.9. The molecule has 0 heterocycles. The number of benzene rings is 2. The van der Waals surface area contributed by atoms with Crippen LogP contribution < -0.4 is 4.74 Å². The van der Waals surface area contributed by atoms with Crippen LogP contribution in [-0.2, 0) is 0 Å². The Morgan fingerprint density at radius 1 is 1.06 bits per heavy atom. The van der Waals surface area contributed by atoms with Crippen LogP contribution in [0.25, 0.3) is 10.8 Å². The molecule has 2 heteroatoms. The topological polar surface area (TPSA) is 29.5 Å². The SMILES string of the molecule is COc1ccc2ccccc2c1C(O)C(C)C. The van der Waals surface area contributed by atoms with Gasteiger partial charge in [0, 0.05) is 5.56 Å². The van der Waals surface area contributed by atoms with Crippen molar-refractivity contribution in [2.75, 3.05) is 7.11 Å². The van der Waals surface area contributed by atoms with Crippen molar-refractivity contribution in [2.24, 2.45) is 5.92 Å². The number of ether oxygens (including phenoxy) is 1. The molecule has 0 amide bonds. The summed E-state index contributed by atoms with van der Waals surface area (Å²) in [7, 11) is 1.64. The summed E-state index contributed by atoms with van der Waals surface area (Å²) in [6, 6.07) is 12.0. The van der Waals surface area contributed by atoms with E-state index >= 15 is 0 Å². The molecule has 0 aliphatic rings. The Balaban J connectivity index is 2.71. The standard InChI is InChI=1S/C15H18O2/c1-10(2)15(16)14-12-7-5-4-6-11(12)8-9-13(14)17-3/h4-10,15-16H,1-3H3. The molecule has 1 unspecified atom stereocenters. The smallest absolute Gasteiger partial charge is 0.125 e. The quantitative estimate of drug-likeness (QED) is 0.874. The predicted molar refractivity (Wildman–Crippen MR) is 70.3 cm³/mol. The summed E-state index contributed by atoms with van der Waals surface area (Å²) < 4.78 is 5.36. The Labute approximate surface area is 102 Å². The Morgan fingerprint density at radius 3 is 2.41 bits per heavy atom. The third-order valence-electron chi connectivity index (χ3n) is 3.08. The fraction of sp³-hybridized carbons (Fsp3) is 0.333. The molecule has 1 atom stereocenters. The lowest BCUT2D eigenvalue weighted by Crippen LogP contribution is -2.08. The molecule has 0 radical (unpaired) electrons. The van der Waals surface area contributed by atoms with Crippen LogP contribution in [0.1, 0.15) is 25.5 Å². The van der Waals surface area contributed by atoms with E-state index in [2.05, 4.69) is 0 Å². The molecular formula is C15H18O2. The van der Waals surface area contributed by atoms with Gasteiger partial charge >= 0.3 is 0 Å². The lowest BCUT2D eigenvalue weighted by molar-refractivity contribution is 0.125. The maximum Gasteiger partial charge on any atom is 0.125 e. The van der Waals surface area contributed by atoms with Crippen LogP contribution in [0, 0.1) is 5.92 Å². The first-order valence-corrected chi connectivity index (χ1v) is 5.89. The molecule has 2 rings (SSSR count). The van der Waals surface area contributed by atoms with Crippen LogP contribution >= 0.6 is 0 Å². The molecule has 2 aromatic rings. The maximum atomic E-state index is 10.3. The molecule has 1 N–H and O–H groups in total. The van der Waals surface area contributed by atoms with Crippen molar-refractivity contribution >= 4 is 10.8 Å². The van der Waals surface area contributed by atoms with E-state index in [4.69, 9.17) is 4.74 Å². The summed E-state index contributed by atoms with van der Waals surface area (Å²) in [4.78, 5) is 0. The molecular weight excluding hydrogens is 212 g/mol. The molecule has 2 aromatic carbocycles. The minimum atomic E-state index is -0.504. The molecule has 0 aliphatic carbocycles. The van der Waals surface area contributed by atoms with E-state index in [1.807, 2.05) is 50.2 Å². The zero-order chi connectivity index (χ0) is 12.4. The Hall–Kier alpha value is -1.54. The first-order valence-electron chi connectivity index (χ1n) is 5.89. The lowest BCUT2D eigenvalue weighted by atomic mass is 9.93. The van der Waals surface area contributed by atoms with Crippen LogP contribution in [0.5, 0.6) is 5.75 Å². The minimum absolute atomic E-state index is 0.162. The van der Waals surface area contributed by atoms with Gasteiger partial charge in [0.15, 0.2) is 0 Å². The van der Waals surface area contributed by atoms with Crippen molar-refractivity contribution in [1.29, 1.82) is 0 Å². The number of hydrogen-bond donors (Lipinski definition) is 1.